The highest BCUT2D eigenvalue weighted by atomic mass is 19.1. The fraction of sp³-hybridized carbons (Fsp3) is 0.0909. The Balaban J connectivity index is 1.76. The maximum Gasteiger partial charge on any atom is 0.257 e. The predicted octanol–water partition coefficient (Wildman–Crippen LogP) is 3.60. The van der Waals surface area contributed by atoms with Crippen molar-refractivity contribution < 1.29 is 22.8 Å². The molecular formula is C22H17F3N2O2. The van der Waals surface area contributed by atoms with E-state index in [0.717, 1.165) is 11.1 Å². The molecule has 4 nitrogen and oxygen atoms in total. The summed E-state index contributed by atoms with van der Waals surface area (Å²) in [5.41, 5.74) is 7.02. The van der Waals surface area contributed by atoms with E-state index in [0.29, 0.717) is 17.7 Å². The van der Waals surface area contributed by atoms with Crippen molar-refractivity contribution in [3.8, 4) is 11.1 Å². The number of halogens is 3. The van der Waals surface area contributed by atoms with E-state index in [-0.39, 0.29) is 6.42 Å². The van der Waals surface area contributed by atoms with Crippen LogP contribution < -0.4 is 11.1 Å². The predicted molar refractivity (Wildman–Crippen MR) is 102 cm³/mol. The molecule has 148 valence electrons. The van der Waals surface area contributed by atoms with E-state index < -0.39 is 40.9 Å². The van der Waals surface area contributed by atoms with E-state index >= 15 is 0 Å². The van der Waals surface area contributed by atoms with Crippen molar-refractivity contribution >= 4 is 11.8 Å². The lowest BCUT2D eigenvalue weighted by Crippen LogP contribution is -2.46. The minimum absolute atomic E-state index is 0.0283. The first-order chi connectivity index (χ1) is 13.8. The highest BCUT2D eigenvalue weighted by Crippen LogP contribution is 2.20. The summed E-state index contributed by atoms with van der Waals surface area (Å²) in [6, 6.07) is 16.4. The molecule has 0 heterocycles. The molecule has 2 amide bonds. The van der Waals surface area contributed by atoms with Crippen LogP contribution in [-0.2, 0) is 11.2 Å². The van der Waals surface area contributed by atoms with Gasteiger partial charge in [0.1, 0.15) is 29.1 Å². The lowest BCUT2D eigenvalue weighted by molar-refractivity contribution is -0.119. The zero-order valence-corrected chi connectivity index (χ0v) is 15.2. The number of carbonyl (C=O) groups excluding carboxylic acids is 2. The second-order valence-electron chi connectivity index (χ2n) is 6.44. The van der Waals surface area contributed by atoms with Crippen LogP contribution in [0, 0.1) is 17.5 Å². The molecule has 7 heteroatoms. The van der Waals surface area contributed by atoms with E-state index in [2.05, 4.69) is 5.32 Å². The van der Waals surface area contributed by atoms with Gasteiger partial charge >= 0.3 is 0 Å². The first-order valence-corrected chi connectivity index (χ1v) is 8.74. The SMILES string of the molecule is NC(=O)[C@@H](Cc1ccc(-c2ccccc2)cc1)NC(=O)c1c(F)cc(F)cc1F. The van der Waals surface area contributed by atoms with Gasteiger partial charge in [-0.2, -0.15) is 0 Å². The summed E-state index contributed by atoms with van der Waals surface area (Å²) in [5.74, 6) is -5.94. The minimum Gasteiger partial charge on any atom is -0.368 e. The van der Waals surface area contributed by atoms with Crippen molar-refractivity contribution in [1.29, 1.82) is 0 Å². The van der Waals surface area contributed by atoms with Crippen LogP contribution in [0.3, 0.4) is 0 Å². The Bertz CT molecular complexity index is 1010. The molecular weight excluding hydrogens is 381 g/mol. The maximum atomic E-state index is 13.8. The first kappa shape index (κ1) is 20.1. The largest absolute Gasteiger partial charge is 0.368 e. The quantitative estimate of drug-likeness (QED) is 0.666. The fourth-order valence-electron chi connectivity index (χ4n) is 2.91. The number of hydrogen-bond donors (Lipinski definition) is 2. The number of hydrogen-bond acceptors (Lipinski definition) is 2. The molecule has 1 atom stereocenters. The molecule has 0 saturated heterocycles. The second kappa shape index (κ2) is 8.60. The summed E-state index contributed by atoms with van der Waals surface area (Å²) in [5, 5.41) is 2.21. The van der Waals surface area contributed by atoms with Gasteiger partial charge in [-0.3, -0.25) is 9.59 Å². The molecule has 3 rings (SSSR count). The highest BCUT2D eigenvalue weighted by molar-refractivity contribution is 5.97. The van der Waals surface area contributed by atoms with Gasteiger partial charge in [0.05, 0.1) is 0 Å². The Hall–Kier alpha value is -3.61. The van der Waals surface area contributed by atoms with Crippen molar-refractivity contribution in [3.05, 3.63) is 95.3 Å². The van der Waals surface area contributed by atoms with Gasteiger partial charge in [0.25, 0.3) is 5.91 Å². The van der Waals surface area contributed by atoms with Crippen molar-refractivity contribution in [1.82, 2.24) is 5.32 Å². The average Bonchev–Trinajstić information content (AvgIpc) is 2.68. The van der Waals surface area contributed by atoms with E-state index in [4.69, 9.17) is 5.73 Å². The molecule has 0 bridgehead atoms. The van der Waals surface area contributed by atoms with Gasteiger partial charge in [-0.05, 0) is 16.7 Å². The van der Waals surface area contributed by atoms with Gasteiger partial charge in [0.15, 0.2) is 0 Å². The highest BCUT2D eigenvalue weighted by Gasteiger charge is 2.24. The molecule has 0 aliphatic carbocycles. The maximum absolute atomic E-state index is 13.8. The third kappa shape index (κ3) is 4.82. The summed E-state index contributed by atoms with van der Waals surface area (Å²) >= 11 is 0. The molecule has 0 aromatic heterocycles. The van der Waals surface area contributed by atoms with Gasteiger partial charge in [-0.25, -0.2) is 13.2 Å². The van der Waals surface area contributed by atoms with Crippen LogP contribution in [0.1, 0.15) is 15.9 Å². The number of benzene rings is 3. The van der Waals surface area contributed by atoms with Crippen molar-refractivity contribution in [2.45, 2.75) is 12.5 Å². The van der Waals surface area contributed by atoms with Crippen molar-refractivity contribution in [2.24, 2.45) is 5.73 Å². The molecule has 3 aromatic rings. The smallest absolute Gasteiger partial charge is 0.257 e. The van der Waals surface area contributed by atoms with Crippen LogP contribution in [0.5, 0.6) is 0 Å². The van der Waals surface area contributed by atoms with Crippen LogP contribution in [0.2, 0.25) is 0 Å². The summed E-state index contributed by atoms with van der Waals surface area (Å²) in [6.45, 7) is 0. The Labute approximate surface area is 165 Å². The summed E-state index contributed by atoms with van der Waals surface area (Å²) < 4.78 is 40.6. The van der Waals surface area contributed by atoms with Crippen LogP contribution >= 0.6 is 0 Å². The zero-order valence-electron chi connectivity index (χ0n) is 15.2. The summed E-state index contributed by atoms with van der Waals surface area (Å²) in [4.78, 5) is 24.0. The molecule has 0 fully saturated rings. The second-order valence-corrected chi connectivity index (χ2v) is 6.44. The molecule has 3 aromatic carbocycles. The number of nitrogens with two attached hydrogens (primary N) is 1. The van der Waals surface area contributed by atoms with E-state index in [1.165, 1.54) is 0 Å². The number of amides is 2. The van der Waals surface area contributed by atoms with E-state index in [1.807, 2.05) is 42.5 Å². The van der Waals surface area contributed by atoms with Gasteiger partial charge in [-0.1, -0.05) is 54.6 Å². The lowest BCUT2D eigenvalue weighted by Gasteiger charge is -2.16. The molecule has 0 saturated carbocycles. The average molecular weight is 398 g/mol. The van der Waals surface area contributed by atoms with E-state index in [1.54, 1.807) is 12.1 Å². The summed E-state index contributed by atoms with van der Waals surface area (Å²) in [7, 11) is 0. The van der Waals surface area contributed by atoms with Gasteiger partial charge in [0, 0.05) is 18.6 Å². The Kier molecular flexibility index (Phi) is 5.97. The molecule has 3 N–H and O–H groups in total. The topological polar surface area (TPSA) is 72.2 Å². The first-order valence-electron chi connectivity index (χ1n) is 8.74. The number of primary amides is 1. The zero-order chi connectivity index (χ0) is 21.0. The third-order valence-electron chi connectivity index (χ3n) is 4.38. The normalized spacial score (nSPS) is 11.7. The van der Waals surface area contributed by atoms with Gasteiger partial charge in [0.2, 0.25) is 5.91 Å². The Morgan fingerprint density at radius 3 is 1.97 bits per heavy atom. The van der Waals surface area contributed by atoms with Crippen molar-refractivity contribution in [3.63, 3.8) is 0 Å². The van der Waals surface area contributed by atoms with Gasteiger partial charge < -0.3 is 11.1 Å². The van der Waals surface area contributed by atoms with Gasteiger partial charge in [-0.15, -0.1) is 0 Å². The lowest BCUT2D eigenvalue weighted by atomic mass is 10.00. The van der Waals surface area contributed by atoms with E-state index in [9.17, 15) is 22.8 Å². The molecule has 0 unspecified atom stereocenters. The summed E-state index contributed by atoms with van der Waals surface area (Å²) in [6.07, 6.45) is 0.0283. The van der Waals surface area contributed by atoms with Crippen LogP contribution in [-0.4, -0.2) is 17.9 Å². The molecule has 0 aliphatic heterocycles. The molecule has 0 radical (unpaired) electrons. The monoisotopic (exact) mass is 398 g/mol. The third-order valence-corrected chi connectivity index (χ3v) is 4.38. The number of carbonyl (C=O) groups is 2. The fourth-order valence-corrected chi connectivity index (χ4v) is 2.91. The minimum atomic E-state index is -1.37. The number of nitrogens with one attached hydrogen (secondary N) is 1. The molecule has 29 heavy (non-hydrogen) atoms. The number of rotatable bonds is 6. The van der Waals surface area contributed by atoms with Crippen LogP contribution in [0.4, 0.5) is 13.2 Å². The van der Waals surface area contributed by atoms with Crippen LogP contribution in [0.25, 0.3) is 11.1 Å². The molecule has 0 spiro atoms. The molecule has 0 aliphatic rings. The van der Waals surface area contributed by atoms with Crippen molar-refractivity contribution in [2.75, 3.05) is 0 Å². The standard InChI is InChI=1S/C22H17F3N2O2/c23-16-11-17(24)20(18(25)12-16)22(29)27-19(21(26)28)10-13-6-8-15(9-7-13)14-4-2-1-3-5-14/h1-9,11-12,19H,10H2,(H2,26,28)(H,27,29)/t19-/m1/s1. The Morgan fingerprint density at radius 2 is 1.41 bits per heavy atom. The van der Waals surface area contributed by atoms with Crippen LogP contribution in [0.15, 0.2) is 66.7 Å². The Morgan fingerprint density at radius 1 is 0.862 bits per heavy atom.